The fraction of sp³-hybridized carbons (Fsp3) is 0.150. The van der Waals surface area contributed by atoms with Crippen LogP contribution in [0, 0.1) is 11.3 Å². The van der Waals surface area contributed by atoms with Crippen LogP contribution in [0.2, 0.25) is 0 Å². The van der Waals surface area contributed by atoms with Crippen molar-refractivity contribution in [2.45, 2.75) is 19.6 Å². The molecule has 0 saturated carbocycles. The maximum absolute atomic E-state index is 12.1. The van der Waals surface area contributed by atoms with E-state index in [-0.39, 0.29) is 6.61 Å². The van der Waals surface area contributed by atoms with Gasteiger partial charge in [0.15, 0.2) is 6.10 Å². The number of nitrogens with zero attached hydrogens (tertiary/aromatic N) is 2. The molecular weight excluding hydrogens is 348 g/mol. The SMILES string of the molecule is C[C@H](Oc1ccc(C#N)cc1)C(=O)OCc1csc(-c2ccccc2)n1. The van der Waals surface area contributed by atoms with Crippen molar-refractivity contribution >= 4 is 17.3 Å². The van der Waals surface area contributed by atoms with Gasteiger partial charge >= 0.3 is 5.97 Å². The standard InChI is InChI=1S/C20H16N2O3S/c1-14(25-18-9-7-15(11-21)8-10-18)20(23)24-12-17-13-26-19(22-17)16-5-3-2-4-6-16/h2-10,13-14H,12H2,1H3/t14-/m0/s1. The minimum absolute atomic E-state index is 0.100. The zero-order valence-corrected chi connectivity index (χ0v) is 14.9. The average Bonchev–Trinajstić information content (AvgIpc) is 3.16. The summed E-state index contributed by atoms with van der Waals surface area (Å²) >= 11 is 1.51. The Morgan fingerprint density at radius 3 is 2.62 bits per heavy atom. The molecule has 3 rings (SSSR count). The van der Waals surface area contributed by atoms with Gasteiger partial charge in [0.05, 0.1) is 17.3 Å². The van der Waals surface area contributed by atoms with Crippen LogP contribution >= 0.6 is 11.3 Å². The van der Waals surface area contributed by atoms with E-state index in [0.717, 1.165) is 10.6 Å². The molecule has 0 aliphatic rings. The first kappa shape index (κ1) is 17.6. The summed E-state index contributed by atoms with van der Waals surface area (Å²) in [5.41, 5.74) is 2.27. The van der Waals surface area contributed by atoms with Crippen molar-refractivity contribution in [3.05, 3.63) is 71.2 Å². The number of ether oxygens (including phenoxy) is 2. The van der Waals surface area contributed by atoms with Gasteiger partial charge in [-0.1, -0.05) is 30.3 Å². The monoisotopic (exact) mass is 364 g/mol. The average molecular weight is 364 g/mol. The van der Waals surface area contributed by atoms with Crippen LogP contribution in [0.15, 0.2) is 60.0 Å². The van der Waals surface area contributed by atoms with Crippen molar-refractivity contribution < 1.29 is 14.3 Å². The van der Waals surface area contributed by atoms with Gasteiger partial charge in [-0.2, -0.15) is 5.26 Å². The number of hydrogen-bond donors (Lipinski definition) is 0. The number of esters is 1. The smallest absolute Gasteiger partial charge is 0.347 e. The summed E-state index contributed by atoms with van der Waals surface area (Å²) in [5, 5.41) is 11.5. The second-order valence-corrected chi connectivity index (χ2v) is 6.37. The molecule has 0 fully saturated rings. The fourth-order valence-electron chi connectivity index (χ4n) is 2.21. The molecule has 2 aromatic carbocycles. The third-order valence-corrected chi connectivity index (χ3v) is 4.50. The van der Waals surface area contributed by atoms with E-state index >= 15 is 0 Å². The first-order valence-electron chi connectivity index (χ1n) is 7.99. The summed E-state index contributed by atoms with van der Waals surface area (Å²) in [7, 11) is 0. The molecule has 0 bridgehead atoms. The minimum Gasteiger partial charge on any atom is -0.479 e. The topological polar surface area (TPSA) is 72.2 Å². The maximum Gasteiger partial charge on any atom is 0.347 e. The number of aromatic nitrogens is 1. The van der Waals surface area contributed by atoms with Crippen LogP contribution < -0.4 is 4.74 Å². The molecule has 3 aromatic rings. The van der Waals surface area contributed by atoms with Crippen LogP contribution in [0.5, 0.6) is 5.75 Å². The largest absolute Gasteiger partial charge is 0.479 e. The van der Waals surface area contributed by atoms with Crippen molar-refractivity contribution in [1.29, 1.82) is 5.26 Å². The Morgan fingerprint density at radius 2 is 1.92 bits per heavy atom. The van der Waals surface area contributed by atoms with Gasteiger partial charge in [0, 0.05) is 10.9 Å². The van der Waals surface area contributed by atoms with Crippen LogP contribution in [0.25, 0.3) is 10.6 Å². The molecule has 0 radical (unpaired) electrons. The normalized spacial score (nSPS) is 11.4. The van der Waals surface area contributed by atoms with E-state index in [4.69, 9.17) is 14.7 Å². The molecule has 0 unspecified atom stereocenters. The summed E-state index contributed by atoms with van der Waals surface area (Å²) in [4.78, 5) is 16.6. The number of nitriles is 1. The first-order valence-corrected chi connectivity index (χ1v) is 8.87. The highest BCUT2D eigenvalue weighted by Crippen LogP contribution is 2.23. The molecule has 5 nitrogen and oxygen atoms in total. The summed E-state index contributed by atoms with van der Waals surface area (Å²) in [6.45, 7) is 1.72. The molecule has 1 atom stereocenters. The lowest BCUT2D eigenvalue weighted by molar-refractivity contribution is -0.152. The third-order valence-electron chi connectivity index (χ3n) is 3.56. The molecule has 0 saturated heterocycles. The maximum atomic E-state index is 12.1. The Labute approximate surface area is 155 Å². The van der Waals surface area contributed by atoms with E-state index in [0.29, 0.717) is 17.0 Å². The van der Waals surface area contributed by atoms with Crippen LogP contribution in [0.3, 0.4) is 0 Å². The zero-order valence-electron chi connectivity index (χ0n) is 14.1. The number of thiazole rings is 1. The van der Waals surface area contributed by atoms with E-state index in [2.05, 4.69) is 4.98 Å². The number of benzene rings is 2. The molecule has 1 aromatic heterocycles. The lowest BCUT2D eigenvalue weighted by Crippen LogP contribution is -2.26. The summed E-state index contributed by atoms with van der Waals surface area (Å²) in [6, 6.07) is 18.4. The molecule has 0 aliphatic heterocycles. The van der Waals surface area contributed by atoms with Gasteiger partial charge < -0.3 is 9.47 Å². The second-order valence-electron chi connectivity index (χ2n) is 5.51. The number of carbonyl (C=O) groups is 1. The van der Waals surface area contributed by atoms with Crippen molar-refractivity contribution in [2.75, 3.05) is 0 Å². The highest BCUT2D eigenvalue weighted by Gasteiger charge is 2.17. The Hall–Kier alpha value is -3.17. The number of hydrogen-bond acceptors (Lipinski definition) is 6. The lowest BCUT2D eigenvalue weighted by Gasteiger charge is -2.13. The van der Waals surface area contributed by atoms with Crippen LogP contribution in [-0.2, 0) is 16.1 Å². The highest BCUT2D eigenvalue weighted by atomic mass is 32.1. The lowest BCUT2D eigenvalue weighted by atomic mass is 10.2. The van der Waals surface area contributed by atoms with Crippen LogP contribution in [0.4, 0.5) is 0 Å². The Bertz CT molecular complexity index is 914. The first-order chi connectivity index (χ1) is 12.7. The van der Waals surface area contributed by atoms with Crippen LogP contribution in [-0.4, -0.2) is 17.1 Å². The van der Waals surface area contributed by atoms with Crippen molar-refractivity contribution in [1.82, 2.24) is 4.98 Å². The summed E-state index contributed by atoms with van der Waals surface area (Å²) in [6.07, 6.45) is -0.754. The molecule has 130 valence electrons. The van der Waals surface area contributed by atoms with Gasteiger partial charge in [-0.15, -0.1) is 11.3 Å². The molecule has 0 N–H and O–H groups in total. The van der Waals surface area contributed by atoms with E-state index in [1.165, 1.54) is 11.3 Å². The van der Waals surface area contributed by atoms with Crippen molar-refractivity contribution in [3.63, 3.8) is 0 Å². The predicted molar refractivity (Wildman–Crippen MR) is 98.6 cm³/mol. The Morgan fingerprint density at radius 1 is 1.19 bits per heavy atom. The summed E-state index contributed by atoms with van der Waals surface area (Å²) in [5.74, 6) is 0.0390. The van der Waals surface area contributed by atoms with E-state index in [1.54, 1.807) is 31.2 Å². The second kappa shape index (κ2) is 8.28. The quantitative estimate of drug-likeness (QED) is 0.613. The number of carbonyl (C=O) groups excluding carboxylic acids is 1. The molecular formula is C20H16N2O3S. The van der Waals surface area contributed by atoms with Gasteiger partial charge in [-0.05, 0) is 31.2 Å². The predicted octanol–water partition coefficient (Wildman–Crippen LogP) is 4.19. The van der Waals surface area contributed by atoms with E-state index < -0.39 is 12.1 Å². The molecule has 26 heavy (non-hydrogen) atoms. The van der Waals surface area contributed by atoms with Gasteiger partial charge in [0.1, 0.15) is 17.4 Å². The van der Waals surface area contributed by atoms with Crippen molar-refractivity contribution in [2.24, 2.45) is 0 Å². The third kappa shape index (κ3) is 4.47. The van der Waals surface area contributed by atoms with E-state index in [1.807, 2.05) is 41.8 Å². The molecule has 0 amide bonds. The van der Waals surface area contributed by atoms with E-state index in [9.17, 15) is 4.79 Å². The highest BCUT2D eigenvalue weighted by molar-refractivity contribution is 7.13. The van der Waals surface area contributed by atoms with Gasteiger partial charge in [-0.3, -0.25) is 0 Å². The molecule has 0 aliphatic carbocycles. The molecule has 6 heteroatoms. The number of rotatable bonds is 6. The Balaban J connectivity index is 1.53. The minimum atomic E-state index is -0.754. The fourth-order valence-corrected chi connectivity index (χ4v) is 3.02. The van der Waals surface area contributed by atoms with Crippen molar-refractivity contribution in [3.8, 4) is 22.4 Å². The van der Waals surface area contributed by atoms with Gasteiger partial charge in [0.2, 0.25) is 0 Å². The van der Waals surface area contributed by atoms with Gasteiger partial charge in [-0.25, -0.2) is 9.78 Å². The molecule has 0 spiro atoms. The van der Waals surface area contributed by atoms with Gasteiger partial charge in [0.25, 0.3) is 0 Å². The van der Waals surface area contributed by atoms with Crippen LogP contribution in [0.1, 0.15) is 18.2 Å². The molecule has 1 heterocycles. The Kier molecular flexibility index (Phi) is 5.62. The summed E-state index contributed by atoms with van der Waals surface area (Å²) < 4.78 is 10.8. The zero-order chi connectivity index (χ0) is 18.4.